The zero-order valence-electron chi connectivity index (χ0n) is 14.3. The first kappa shape index (κ1) is 16.3. The molecule has 1 saturated heterocycles. The molecule has 8 nitrogen and oxygen atoms in total. The number of nitrogens with zero attached hydrogens (tertiary/aromatic N) is 6. The predicted molar refractivity (Wildman–Crippen MR) is 96.8 cm³/mol. The van der Waals surface area contributed by atoms with Crippen LogP contribution in [-0.2, 0) is 4.79 Å². The maximum atomic E-state index is 11.8. The Morgan fingerprint density at radius 3 is 2.54 bits per heavy atom. The summed E-state index contributed by atoms with van der Waals surface area (Å²) in [6.45, 7) is 3.18. The van der Waals surface area contributed by atoms with Gasteiger partial charge in [0.05, 0.1) is 11.9 Å². The van der Waals surface area contributed by atoms with Gasteiger partial charge in [0.25, 0.3) is 0 Å². The van der Waals surface area contributed by atoms with Crippen LogP contribution in [0.3, 0.4) is 0 Å². The van der Waals surface area contributed by atoms with E-state index in [4.69, 9.17) is 5.26 Å². The van der Waals surface area contributed by atoms with Crippen LogP contribution in [-0.4, -0.2) is 47.0 Å². The van der Waals surface area contributed by atoms with Crippen LogP contribution in [0.15, 0.2) is 30.6 Å². The monoisotopic (exact) mass is 349 g/mol. The highest BCUT2D eigenvalue weighted by molar-refractivity contribution is 5.93. The van der Waals surface area contributed by atoms with E-state index in [9.17, 15) is 4.79 Å². The van der Waals surface area contributed by atoms with Crippen molar-refractivity contribution < 1.29 is 4.79 Å². The minimum atomic E-state index is 0.0680. The van der Waals surface area contributed by atoms with E-state index in [1.807, 2.05) is 18.2 Å². The Kier molecular flexibility index (Phi) is 4.35. The van der Waals surface area contributed by atoms with Gasteiger partial charge in [-0.2, -0.15) is 5.26 Å². The number of amides is 1. The number of pyridine rings is 1. The van der Waals surface area contributed by atoms with Crippen molar-refractivity contribution in [1.82, 2.24) is 15.0 Å². The van der Waals surface area contributed by atoms with E-state index in [-0.39, 0.29) is 11.8 Å². The van der Waals surface area contributed by atoms with Gasteiger partial charge in [0, 0.05) is 38.3 Å². The van der Waals surface area contributed by atoms with Crippen LogP contribution in [0.25, 0.3) is 0 Å². The maximum Gasteiger partial charge on any atom is 0.228 e. The number of carbonyl (C=O) groups excluding carboxylic acids is 1. The van der Waals surface area contributed by atoms with E-state index in [1.165, 1.54) is 0 Å². The molecule has 0 spiro atoms. The Balaban J connectivity index is 1.35. The van der Waals surface area contributed by atoms with Crippen molar-refractivity contribution in [2.45, 2.75) is 12.8 Å². The molecule has 2 fully saturated rings. The molecule has 1 N–H and O–H groups in total. The van der Waals surface area contributed by atoms with Crippen molar-refractivity contribution in [2.75, 3.05) is 41.3 Å². The van der Waals surface area contributed by atoms with E-state index in [2.05, 4.69) is 30.1 Å². The minimum absolute atomic E-state index is 0.0680. The van der Waals surface area contributed by atoms with Crippen molar-refractivity contribution in [1.29, 1.82) is 5.26 Å². The average molecular weight is 349 g/mol. The first-order valence-corrected chi connectivity index (χ1v) is 8.73. The van der Waals surface area contributed by atoms with Crippen molar-refractivity contribution in [2.24, 2.45) is 5.92 Å². The van der Waals surface area contributed by atoms with Crippen molar-refractivity contribution >= 4 is 23.4 Å². The van der Waals surface area contributed by atoms with Gasteiger partial charge >= 0.3 is 0 Å². The third-order valence-corrected chi connectivity index (χ3v) is 4.63. The van der Waals surface area contributed by atoms with Crippen LogP contribution in [0.1, 0.15) is 18.5 Å². The number of nitrogens with one attached hydrogen (secondary N) is 1. The second-order valence-corrected chi connectivity index (χ2v) is 6.49. The van der Waals surface area contributed by atoms with Gasteiger partial charge in [-0.05, 0) is 31.0 Å². The lowest BCUT2D eigenvalue weighted by atomic mass is 10.2. The van der Waals surface area contributed by atoms with Gasteiger partial charge in [0.2, 0.25) is 11.9 Å². The van der Waals surface area contributed by atoms with Gasteiger partial charge in [0.1, 0.15) is 17.6 Å². The molecule has 3 heterocycles. The fraction of sp³-hybridized carbons (Fsp3) is 0.389. The third-order valence-electron chi connectivity index (χ3n) is 4.63. The van der Waals surface area contributed by atoms with Gasteiger partial charge in [0.15, 0.2) is 0 Å². The lowest BCUT2D eigenvalue weighted by molar-refractivity contribution is -0.117. The van der Waals surface area contributed by atoms with Crippen LogP contribution < -0.4 is 15.1 Å². The lowest BCUT2D eigenvalue weighted by Crippen LogP contribution is -2.47. The van der Waals surface area contributed by atoms with Gasteiger partial charge in [-0.1, -0.05) is 0 Å². The molecule has 0 atom stereocenters. The molecule has 1 aliphatic carbocycles. The van der Waals surface area contributed by atoms with Crippen molar-refractivity contribution in [3.05, 3.63) is 36.3 Å². The SMILES string of the molecule is N#Cc1ccnc(N2CCN(c3ccc(NC(=O)C4CC4)nc3)CC2)n1. The van der Waals surface area contributed by atoms with Gasteiger partial charge in [-0.15, -0.1) is 0 Å². The first-order chi connectivity index (χ1) is 12.7. The Bertz CT molecular complexity index is 833. The number of rotatable bonds is 4. The third kappa shape index (κ3) is 3.57. The molecule has 0 radical (unpaired) electrons. The summed E-state index contributed by atoms with van der Waals surface area (Å²) in [6, 6.07) is 7.48. The first-order valence-electron chi connectivity index (χ1n) is 8.73. The molecule has 8 heteroatoms. The highest BCUT2D eigenvalue weighted by Crippen LogP contribution is 2.30. The molecule has 2 aromatic rings. The fourth-order valence-corrected chi connectivity index (χ4v) is 2.95. The summed E-state index contributed by atoms with van der Waals surface area (Å²) in [5, 5.41) is 11.8. The normalized spacial score (nSPS) is 16.9. The number of aromatic nitrogens is 3. The second-order valence-electron chi connectivity index (χ2n) is 6.49. The van der Waals surface area contributed by atoms with Gasteiger partial charge in [-0.3, -0.25) is 4.79 Å². The molecule has 4 rings (SSSR count). The molecule has 2 aromatic heterocycles. The number of carbonyl (C=O) groups is 1. The molecule has 132 valence electrons. The van der Waals surface area contributed by atoms with E-state index in [0.29, 0.717) is 17.5 Å². The number of hydrogen-bond acceptors (Lipinski definition) is 7. The van der Waals surface area contributed by atoms with Crippen LogP contribution >= 0.6 is 0 Å². The van der Waals surface area contributed by atoms with Gasteiger partial charge in [-0.25, -0.2) is 15.0 Å². The Morgan fingerprint density at radius 2 is 1.88 bits per heavy atom. The van der Waals surface area contributed by atoms with Crippen LogP contribution in [0.4, 0.5) is 17.5 Å². The molecule has 1 saturated carbocycles. The van der Waals surface area contributed by atoms with E-state index < -0.39 is 0 Å². The summed E-state index contributed by atoms with van der Waals surface area (Å²) >= 11 is 0. The topological polar surface area (TPSA) is 98.0 Å². The Hall–Kier alpha value is -3.21. The van der Waals surface area contributed by atoms with Crippen molar-refractivity contribution in [3.8, 4) is 6.07 Å². The number of piperazine rings is 1. The van der Waals surface area contributed by atoms with E-state index in [1.54, 1.807) is 18.5 Å². The highest BCUT2D eigenvalue weighted by Gasteiger charge is 2.29. The number of nitriles is 1. The zero-order valence-corrected chi connectivity index (χ0v) is 14.3. The van der Waals surface area contributed by atoms with Crippen LogP contribution in [0.2, 0.25) is 0 Å². The second kappa shape index (κ2) is 6.96. The van der Waals surface area contributed by atoms with Gasteiger partial charge < -0.3 is 15.1 Å². The summed E-state index contributed by atoms with van der Waals surface area (Å²) in [6.07, 6.45) is 5.38. The van der Waals surface area contributed by atoms with E-state index in [0.717, 1.165) is 44.7 Å². The Labute approximate surface area is 151 Å². The molecule has 1 amide bonds. The van der Waals surface area contributed by atoms with E-state index >= 15 is 0 Å². The lowest BCUT2D eigenvalue weighted by Gasteiger charge is -2.35. The predicted octanol–water partition coefficient (Wildman–Crippen LogP) is 1.42. The number of hydrogen-bond donors (Lipinski definition) is 1. The molecule has 0 bridgehead atoms. The summed E-state index contributed by atoms with van der Waals surface area (Å²) in [5.74, 6) is 1.44. The molecule has 2 aliphatic rings. The zero-order chi connectivity index (χ0) is 17.9. The van der Waals surface area contributed by atoms with Crippen LogP contribution in [0, 0.1) is 17.2 Å². The molecule has 26 heavy (non-hydrogen) atoms. The highest BCUT2D eigenvalue weighted by atomic mass is 16.2. The Morgan fingerprint density at radius 1 is 1.12 bits per heavy atom. The summed E-state index contributed by atoms with van der Waals surface area (Å²) in [4.78, 5) is 29.0. The van der Waals surface area contributed by atoms with Crippen LogP contribution in [0.5, 0.6) is 0 Å². The number of anilines is 3. The summed E-state index contributed by atoms with van der Waals surface area (Å²) in [5.41, 5.74) is 1.41. The summed E-state index contributed by atoms with van der Waals surface area (Å²) in [7, 11) is 0. The molecular formula is C18H19N7O. The molecule has 0 aromatic carbocycles. The molecule has 0 unspecified atom stereocenters. The smallest absolute Gasteiger partial charge is 0.228 e. The minimum Gasteiger partial charge on any atom is -0.367 e. The largest absolute Gasteiger partial charge is 0.367 e. The quantitative estimate of drug-likeness (QED) is 0.891. The molecule has 1 aliphatic heterocycles. The standard InChI is InChI=1S/C18H19N7O/c19-11-14-5-6-20-18(22-14)25-9-7-24(8-10-25)15-3-4-16(21-12-15)23-17(26)13-1-2-13/h3-6,12-13H,1-2,7-10H2,(H,21,23,26). The average Bonchev–Trinajstić information content (AvgIpc) is 3.54. The van der Waals surface area contributed by atoms with Crippen molar-refractivity contribution in [3.63, 3.8) is 0 Å². The summed E-state index contributed by atoms with van der Waals surface area (Å²) < 4.78 is 0. The molecular weight excluding hydrogens is 330 g/mol. The fourth-order valence-electron chi connectivity index (χ4n) is 2.95. The maximum absolute atomic E-state index is 11.8.